The molecule has 0 spiro atoms. The Bertz CT molecular complexity index is 747. The lowest BCUT2D eigenvalue weighted by Crippen LogP contribution is -2.22. The van der Waals surface area contributed by atoms with E-state index in [0.29, 0.717) is 5.22 Å². The molecule has 1 atom stereocenters. The quantitative estimate of drug-likeness (QED) is 0.781. The molecule has 0 amide bonds. The van der Waals surface area contributed by atoms with Gasteiger partial charge in [0.1, 0.15) is 5.76 Å². The van der Waals surface area contributed by atoms with Crippen molar-refractivity contribution >= 4 is 22.5 Å². The maximum Gasteiger partial charge on any atom is 0.193 e. The van der Waals surface area contributed by atoms with Crippen LogP contribution in [0.15, 0.2) is 40.8 Å². The first-order valence-corrected chi connectivity index (χ1v) is 7.46. The second-order valence-corrected chi connectivity index (χ2v) is 5.42. The number of nitrogens with one attached hydrogen (secondary N) is 1. The number of aryl methyl sites for hydroxylation is 1. The van der Waals surface area contributed by atoms with Gasteiger partial charge >= 0.3 is 0 Å². The minimum absolute atomic E-state index is 0.0702. The van der Waals surface area contributed by atoms with Crippen LogP contribution in [-0.4, -0.2) is 16.3 Å². The summed E-state index contributed by atoms with van der Waals surface area (Å²) in [5.41, 5.74) is 2.20. The Morgan fingerprint density at radius 3 is 2.81 bits per heavy atom. The lowest BCUT2D eigenvalue weighted by atomic mass is 10.1. The fourth-order valence-corrected chi connectivity index (χ4v) is 2.82. The summed E-state index contributed by atoms with van der Waals surface area (Å²) >= 11 is 5.89. The van der Waals surface area contributed by atoms with Gasteiger partial charge in [0.15, 0.2) is 5.22 Å². The number of rotatable bonds is 5. The highest BCUT2D eigenvalue weighted by atomic mass is 35.5. The number of likely N-dealkylation sites (N-methyl/N-ethyl adjacent to an activating group) is 1. The molecule has 0 saturated heterocycles. The third-order valence-electron chi connectivity index (χ3n) is 3.62. The van der Waals surface area contributed by atoms with Crippen molar-refractivity contribution in [3.8, 4) is 0 Å². The molecule has 0 aliphatic rings. The molecule has 1 unspecified atom stereocenters. The van der Waals surface area contributed by atoms with Gasteiger partial charge in [-0.1, -0.05) is 25.1 Å². The molecule has 0 saturated carbocycles. The third-order valence-corrected chi connectivity index (χ3v) is 3.82. The molecule has 21 heavy (non-hydrogen) atoms. The molecule has 0 aliphatic carbocycles. The van der Waals surface area contributed by atoms with E-state index in [0.717, 1.165) is 29.9 Å². The Morgan fingerprint density at radius 1 is 1.29 bits per heavy atom. The molecule has 2 aromatic heterocycles. The van der Waals surface area contributed by atoms with Crippen molar-refractivity contribution in [1.29, 1.82) is 0 Å². The molecule has 0 radical (unpaired) electrons. The largest absolute Gasteiger partial charge is 0.448 e. The molecule has 3 rings (SSSR count). The zero-order valence-electron chi connectivity index (χ0n) is 12.1. The molecule has 3 aromatic rings. The number of hydrogen-bond acceptors (Lipinski definition) is 3. The van der Waals surface area contributed by atoms with Crippen LogP contribution in [0, 0.1) is 0 Å². The number of para-hydroxylation sites is 1. The molecule has 0 aliphatic heterocycles. The van der Waals surface area contributed by atoms with Gasteiger partial charge in [0.2, 0.25) is 0 Å². The minimum atomic E-state index is 0.0702. The second-order valence-electron chi connectivity index (χ2n) is 5.04. The summed E-state index contributed by atoms with van der Waals surface area (Å²) in [7, 11) is 1.97. The normalized spacial score (nSPS) is 12.9. The van der Waals surface area contributed by atoms with E-state index in [9.17, 15) is 0 Å². The van der Waals surface area contributed by atoms with Crippen molar-refractivity contribution in [1.82, 2.24) is 15.1 Å². The van der Waals surface area contributed by atoms with Gasteiger partial charge in [-0.25, -0.2) is 0 Å². The van der Waals surface area contributed by atoms with Crippen LogP contribution in [0.3, 0.4) is 0 Å². The van der Waals surface area contributed by atoms with Crippen molar-refractivity contribution in [3.05, 3.63) is 53.1 Å². The lowest BCUT2D eigenvalue weighted by molar-refractivity contribution is 0.415. The summed E-state index contributed by atoms with van der Waals surface area (Å²) in [4.78, 5) is 0. The Balaban J connectivity index is 1.94. The van der Waals surface area contributed by atoms with Crippen molar-refractivity contribution in [3.63, 3.8) is 0 Å². The maximum atomic E-state index is 5.89. The Labute approximate surface area is 128 Å². The predicted molar refractivity (Wildman–Crippen MR) is 84.6 cm³/mol. The van der Waals surface area contributed by atoms with E-state index in [1.54, 1.807) is 6.07 Å². The Morgan fingerprint density at radius 2 is 2.10 bits per heavy atom. The predicted octanol–water partition coefficient (Wildman–Crippen LogP) is 3.71. The lowest BCUT2D eigenvalue weighted by Gasteiger charge is -2.14. The van der Waals surface area contributed by atoms with Crippen LogP contribution in [0.5, 0.6) is 0 Å². The first-order valence-electron chi connectivity index (χ1n) is 7.08. The van der Waals surface area contributed by atoms with E-state index < -0.39 is 0 Å². The van der Waals surface area contributed by atoms with Gasteiger partial charge in [-0.3, -0.25) is 4.68 Å². The zero-order valence-corrected chi connectivity index (χ0v) is 12.9. The van der Waals surface area contributed by atoms with Crippen LogP contribution in [0.2, 0.25) is 5.22 Å². The minimum Gasteiger partial charge on any atom is -0.448 e. The molecule has 5 heteroatoms. The summed E-state index contributed by atoms with van der Waals surface area (Å²) in [6.07, 6.45) is 0.763. The SMILES string of the molecule is CCNC(Cc1nn(C)c2ccccc12)c1ccc(Cl)o1. The number of benzene rings is 1. The molecule has 2 heterocycles. The molecule has 4 nitrogen and oxygen atoms in total. The van der Waals surface area contributed by atoms with Gasteiger partial charge in [-0.05, 0) is 36.3 Å². The molecule has 0 bridgehead atoms. The van der Waals surface area contributed by atoms with Crippen LogP contribution >= 0.6 is 11.6 Å². The van der Waals surface area contributed by atoms with E-state index >= 15 is 0 Å². The monoisotopic (exact) mass is 303 g/mol. The summed E-state index contributed by atoms with van der Waals surface area (Å²) in [5.74, 6) is 0.844. The topological polar surface area (TPSA) is 43.0 Å². The zero-order chi connectivity index (χ0) is 14.8. The van der Waals surface area contributed by atoms with Gasteiger partial charge in [0, 0.05) is 18.9 Å². The van der Waals surface area contributed by atoms with Crippen LogP contribution in [-0.2, 0) is 13.5 Å². The number of aromatic nitrogens is 2. The number of fused-ring (bicyclic) bond motifs is 1. The standard InChI is InChI=1S/C16H18ClN3O/c1-3-18-13(15-8-9-16(17)21-15)10-12-11-6-4-5-7-14(11)20(2)19-12/h4-9,13,18H,3,10H2,1-2H3. The number of furan rings is 1. The first kappa shape index (κ1) is 14.2. The molecular formula is C16H18ClN3O. The number of hydrogen-bond donors (Lipinski definition) is 1. The van der Waals surface area contributed by atoms with Crippen molar-refractivity contribution in [2.45, 2.75) is 19.4 Å². The van der Waals surface area contributed by atoms with Crippen LogP contribution < -0.4 is 5.32 Å². The van der Waals surface area contributed by atoms with E-state index in [4.69, 9.17) is 16.0 Å². The second kappa shape index (κ2) is 5.92. The highest BCUT2D eigenvalue weighted by molar-refractivity contribution is 6.28. The fraction of sp³-hybridized carbons (Fsp3) is 0.312. The Hall–Kier alpha value is -1.78. The van der Waals surface area contributed by atoms with Crippen LogP contribution in [0.1, 0.15) is 24.4 Å². The fourth-order valence-electron chi connectivity index (χ4n) is 2.67. The molecule has 1 aromatic carbocycles. The maximum absolute atomic E-state index is 5.89. The highest BCUT2D eigenvalue weighted by Gasteiger charge is 2.18. The summed E-state index contributed by atoms with van der Waals surface area (Å²) in [6.45, 7) is 2.93. The average Bonchev–Trinajstić information content (AvgIpc) is 3.04. The van der Waals surface area contributed by atoms with Crippen LogP contribution in [0.25, 0.3) is 10.9 Å². The van der Waals surface area contributed by atoms with Gasteiger partial charge in [0.25, 0.3) is 0 Å². The van der Waals surface area contributed by atoms with Crippen LogP contribution in [0.4, 0.5) is 0 Å². The highest BCUT2D eigenvalue weighted by Crippen LogP contribution is 2.26. The molecule has 110 valence electrons. The van der Waals surface area contributed by atoms with E-state index in [1.165, 1.54) is 5.39 Å². The summed E-state index contributed by atoms with van der Waals surface area (Å²) in [6, 6.07) is 12.0. The third kappa shape index (κ3) is 2.82. The van der Waals surface area contributed by atoms with Gasteiger partial charge < -0.3 is 9.73 Å². The number of halogens is 1. The first-order chi connectivity index (χ1) is 10.2. The summed E-state index contributed by atoms with van der Waals surface area (Å²) < 4.78 is 7.48. The van der Waals surface area contributed by atoms with E-state index in [1.807, 2.05) is 29.9 Å². The average molecular weight is 304 g/mol. The van der Waals surface area contributed by atoms with Gasteiger partial charge in [0.05, 0.1) is 17.3 Å². The van der Waals surface area contributed by atoms with E-state index in [2.05, 4.69) is 29.5 Å². The van der Waals surface area contributed by atoms with Gasteiger partial charge in [-0.15, -0.1) is 0 Å². The summed E-state index contributed by atoms with van der Waals surface area (Å²) in [5, 5.41) is 9.68. The van der Waals surface area contributed by atoms with E-state index in [-0.39, 0.29) is 6.04 Å². The molecule has 0 fully saturated rings. The Kier molecular flexibility index (Phi) is 3.99. The molecule has 1 N–H and O–H groups in total. The van der Waals surface area contributed by atoms with Crippen molar-refractivity contribution in [2.75, 3.05) is 6.54 Å². The van der Waals surface area contributed by atoms with Crippen molar-refractivity contribution in [2.24, 2.45) is 7.05 Å². The number of nitrogens with zero attached hydrogens (tertiary/aromatic N) is 2. The molecular weight excluding hydrogens is 286 g/mol. The van der Waals surface area contributed by atoms with Crippen molar-refractivity contribution < 1.29 is 4.42 Å². The smallest absolute Gasteiger partial charge is 0.193 e. The van der Waals surface area contributed by atoms with Gasteiger partial charge in [-0.2, -0.15) is 5.10 Å².